The molecule has 0 atom stereocenters. The summed E-state index contributed by atoms with van der Waals surface area (Å²) >= 11 is 0. The highest BCUT2D eigenvalue weighted by molar-refractivity contribution is 5.95. The number of aliphatic hydroxyl groups excluding tert-OH is 1. The third-order valence-corrected chi connectivity index (χ3v) is 4.93. The van der Waals surface area contributed by atoms with Gasteiger partial charge in [0, 0.05) is 31.1 Å². The zero-order chi connectivity index (χ0) is 27.0. The lowest BCUT2D eigenvalue weighted by Crippen LogP contribution is -2.18. The highest BCUT2D eigenvalue weighted by Crippen LogP contribution is 2.30. The molecule has 4 rings (SSSR count). The van der Waals surface area contributed by atoms with E-state index < -0.39 is 17.9 Å². The normalized spacial score (nSPS) is 10.9. The first-order valence-corrected chi connectivity index (χ1v) is 10.9. The lowest BCUT2D eigenvalue weighted by atomic mass is 10.1. The van der Waals surface area contributed by atoms with Crippen molar-refractivity contribution in [1.82, 2.24) is 25.4 Å². The molecular weight excluding hydrogens is 491 g/mol. The van der Waals surface area contributed by atoms with Gasteiger partial charge < -0.3 is 26.0 Å². The molecule has 0 aliphatic rings. The first kappa shape index (κ1) is 27.1. The minimum atomic E-state index is -4.74. The predicted molar refractivity (Wildman–Crippen MR) is 130 cm³/mol. The maximum Gasteiger partial charge on any atom is 0.455 e. The number of halogens is 3. The number of nitrogens with one attached hydrogen (secondary N) is 2. The van der Waals surface area contributed by atoms with Gasteiger partial charge in [-0.25, -0.2) is 4.98 Å². The average molecular weight is 515 g/mol. The Labute approximate surface area is 209 Å². The van der Waals surface area contributed by atoms with Gasteiger partial charge in [-0.2, -0.15) is 23.1 Å². The van der Waals surface area contributed by atoms with Crippen LogP contribution in [0.25, 0.3) is 11.5 Å². The van der Waals surface area contributed by atoms with E-state index in [-0.39, 0.29) is 29.8 Å². The van der Waals surface area contributed by atoms with Crippen molar-refractivity contribution in [2.24, 2.45) is 0 Å². The van der Waals surface area contributed by atoms with Crippen LogP contribution < -0.4 is 16.4 Å². The monoisotopic (exact) mass is 515 g/mol. The zero-order valence-corrected chi connectivity index (χ0v) is 19.9. The van der Waals surface area contributed by atoms with E-state index in [4.69, 9.17) is 10.8 Å². The van der Waals surface area contributed by atoms with E-state index in [2.05, 4.69) is 35.3 Å². The second-order valence-corrected chi connectivity index (χ2v) is 7.61. The number of hydrogen-bond acceptors (Lipinski definition) is 9. The smallest absolute Gasteiger partial charge is 0.396 e. The fourth-order valence-corrected chi connectivity index (χ4v) is 3.10. The van der Waals surface area contributed by atoms with Crippen molar-refractivity contribution in [3.8, 4) is 11.5 Å². The van der Waals surface area contributed by atoms with Crippen molar-refractivity contribution >= 4 is 23.4 Å². The van der Waals surface area contributed by atoms with Gasteiger partial charge in [0.2, 0.25) is 5.95 Å². The van der Waals surface area contributed by atoms with Crippen LogP contribution in [0.2, 0.25) is 0 Å². The molecule has 0 radical (unpaired) electrons. The average Bonchev–Trinajstić information content (AvgIpc) is 3.36. The molecule has 2 aromatic heterocycles. The Morgan fingerprint density at radius 3 is 2.43 bits per heavy atom. The van der Waals surface area contributed by atoms with Gasteiger partial charge >= 0.3 is 6.18 Å². The standard InChI is InChI=1S/C16H14F3N7O2.C8H10O/c1-7-5-8(3-4-9(7)12(27)21-2)23-15-22-6-10(11(20)24-15)13-25-14(26-28-13)16(17,18)19;9-7-6-8-4-2-1-3-5-8/h3-6H,1-2H3,(H,21,27)(H3,20,22,23,24);1-5,9H,6-7H2. The molecule has 194 valence electrons. The lowest BCUT2D eigenvalue weighted by Gasteiger charge is -2.09. The number of aryl methyl sites for hydroxylation is 1. The van der Waals surface area contributed by atoms with E-state index in [1.165, 1.54) is 18.8 Å². The van der Waals surface area contributed by atoms with E-state index in [9.17, 15) is 18.0 Å². The maximum absolute atomic E-state index is 12.6. The summed E-state index contributed by atoms with van der Waals surface area (Å²) < 4.78 is 42.3. The number of aliphatic hydroxyl groups is 1. The molecule has 0 aliphatic heterocycles. The number of aromatic nitrogens is 4. The minimum Gasteiger partial charge on any atom is -0.396 e. The van der Waals surface area contributed by atoms with Crippen LogP contribution in [0.4, 0.5) is 30.6 Å². The summed E-state index contributed by atoms with van der Waals surface area (Å²) in [6, 6.07) is 14.9. The molecule has 0 saturated carbocycles. The predicted octanol–water partition coefficient (Wildman–Crippen LogP) is 3.76. The van der Waals surface area contributed by atoms with Crippen molar-refractivity contribution < 1.29 is 27.6 Å². The van der Waals surface area contributed by atoms with E-state index >= 15 is 0 Å². The Morgan fingerprint density at radius 2 is 1.86 bits per heavy atom. The summed E-state index contributed by atoms with van der Waals surface area (Å²) in [7, 11) is 1.53. The molecule has 0 aliphatic carbocycles. The molecule has 13 heteroatoms. The van der Waals surface area contributed by atoms with Gasteiger partial charge in [-0.3, -0.25) is 4.79 Å². The Bertz CT molecular complexity index is 1350. The molecule has 0 spiro atoms. The van der Waals surface area contributed by atoms with Crippen molar-refractivity contribution in [2.75, 3.05) is 24.7 Å². The van der Waals surface area contributed by atoms with Gasteiger partial charge in [0.25, 0.3) is 17.6 Å². The van der Waals surface area contributed by atoms with Crippen LogP contribution in [0, 0.1) is 6.92 Å². The van der Waals surface area contributed by atoms with Crippen LogP contribution in [0.1, 0.15) is 27.3 Å². The summed E-state index contributed by atoms with van der Waals surface area (Å²) in [5.74, 6) is -2.12. The summed E-state index contributed by atoms with van der Waals surface area (Å²) in [4.78, 5) is 23.0. The van der Waals surface area contributed by atoms with Gasteiger partial charge in [-0.15, -0.1) is 0 Å². The molecule has 37 heavy (non-hydrogen) atoms. The number of nitrogens with zero attached hydrogens (tertiary/aromatic N) is 4. The van der Waals surface area contributed by atoms with Gasteiger partial charge in [0.05, 0.1) is 0 Å². The SMILES string of the molecule is CNC(=O)c1ccc(Nc2ncc(-c3nc(C(F)(F)F)no3)c(N)n2)cc1C.OCCc1ccccc1. The van der Waals surface area contributed by atoms with Crippen molar-refractivity contribution in [1.29, 1.82) is 0 Å². The van der Waals surface area contributed by atoms with Crippen LogP contribution in [0.5, 0.6) is 0 Å². The van der Waals surface area contributed by atoms with Crippen LogP contribution in [0.15, 0.2) is 59.3 Å². The number of anilines is 3. The van der Waals surface area contributed by atoms with Crippen LogP contribution in [-0.4, -0.2) is 44.8 Å². The molecule has 4 aromatic rings. The third-order valence-electron chi connectivity index (χ3n) is 4.93. The highest BCUT2D eigenvalue weighted by Gasteiger charge is 2.37. The van der Waals surface area contributed by atoms with E-state index in [0.717, 1.165) is 12.0 Å². The molecule has 1 amide bonds. The fraction of sp³-hybridized carbons (Fsp3) is 0.208. The number of hydrogen-bond donors (Lipinski definition) is 4. The quantitative estimate of drug-likeness (QED) is 0.301. The lowest BCUT2D eigenvalue weighted by molar-refractivity contribution is -0.146. The zero-order valence-electron chi connectivity index (χ0n) is 19.9. The first-order chi connectivity index (χ1) is 17.6. The largest absolute Gasteiger partial charge is 0.455 e. The Hall–Kier alpha value is -4.52. The van der Waals surface area contributed by atoms with Crippen LogP contribution in [0.3, 0.4) is 0 Å². The molecular formula is C24H24F3N7O3. The fourth-order valence-electron chi connectivity index (χ4n) is 3.10. The molecule has 10 nitrogen and oxygen atoms in total. The van der Waals surface area contributed by atoms with E-state index in [0.29, 0.717) is 11.3 Å². The Morgan fingerprint density at radius 1 is 1.14 bits per heavy atom. The number of alkyl halides is 3. The number of amides is 1. The van der Waals surface area contributed by atoms with Gasteiger partial charge in [0.15, 0.2) is 0 Å². The van der Waals surface area contributed by atoms with Crippen molar-refractivity contribution in [3.05, 3.63) is 77.2 Å². The van der Waals surface area contributed by atoms with Crippen LogP contribution >= 0.6 is 0 Å². The molecule has 0 unspecified atom stereocenters. The summed E-state index contributed by atoms with van der Waals surface area (Å²) in [5.41, 5.74) is 8.78. The molecule has 2 aromatic carbocycles. The van der Waals surface area contributed by atoms with Gasteiger partial charge in [-0.05, 0) is 42.7 Å². The Kier molecular flexibility index (Phi) is 8.74. The number of carbonyl (C=O) groups is 1. The van der Waals surface area contributed by atoms with Gasteiger partial charge in [0.1, 0.15) is 11.4 Å². The van der Waals surface area contributed by atoms with Crippen molar-refractivity contribution in [3.63, 3.8) is 0 Å². The summed E-state index contributed by atoms with van der Waals surface area (Å²) in [6.07, 6.45) is -2.80. The summed E-state index contributed by atoms with van der Waals surface area (Å²) in [6.45, 7) is 2.01. The first-order valence-electron chi connectivity index (χ1n) is 10.9. The number of nitrogen functional groups attached to an aromatic ring is 1. The number of benzene rings is 2. The van der Waals surface area contributed by atoms with Crippen molar-refractivity contribution in [2.45, 2.75) is 19.5 Å². The van der Waals surface area contributed by atoms with Gasteiger partial charge in [-0.1, -0.05) is 35.5 Å². The van der Waals surface area contributed by atoms with E-state index in [1.54, 1.807) is 25.1 Å². The van der Waals surface area contributed by atoms with Crippen LogP contribution in [-0.2, 0) is 12.6 Å². The topological polar surface area (TPSA) is 152 Å². The number of rotatable bonds is 6. The molecule has 2 heterocycles. The molecule has 5 N–H and O–H groups in total. The second kappa shape index (κ2) is 11.9. The minimum absolute atomic E-state index is 0.0281. The highest BCUT2D eigenvalue weighted by atomic mass is 19.4. The maximum atomic E-state index is 12.6. The summed E-state index contributed by atoms with van der Waals surface area (Å²) in [5, 5.41) is 16.8. The molecule has 0 fully saturated rings. The number of carbonyl (C=O) groups excluding carboxylic acids is 1. The second-order valence-electron chi connectivity index (χ2n) is 7.61. The third kappa shape index (κ3) is 7.24. The van der Waals surface area contributed by atoms with E-state index in [1.807, 2.05) is 30.3 Å². The molecule has 0 bridgehead atoms. The Balaban J connectivity index is 0.000000356. The molecule has 0 saturated heterocycles. The number of nitrogens with two attached hydrogens (primary N) is 1.